The number of ether oxygens (including phenoxy) is 2. The van der Waals surface area contributed by atoms with Crippen LogP contribution in [0.15, 0.2) is 28.3 Å². The first-order valence-electron chi connectivity index (χ1n) is 7.31. The molecule has 0 aliphatic heterocycles. The van der Waals surface area contributed by atoms with Crippen LogP contribution in [0, 0.1) is 0 Å². The quantitative estimate of drug-likeness (QED) is 0.572. The van der Waals surface area contributed by atoms with Crippen LogP contribution in [0.4, 0.5) is 0 Å². The van der Waals surface area contributed by atoms with Gasteiger partial charge in [0.1, 0.15) is 17.3 Å². The van der Waals surface area contributed by atoms with Crippen LogP contribution >= 0.6 is 11.8 Å². The van der Waals surface area contributed by atoms with E-state index in [1.54, 1.807) is 25.3 Å². The van der Waals surface area contributed by atoms with Gasteiger partial charge in [0.15, 0.2) is 0 Å². The fraction of sp³-hybridized carbons (Fsp3) is 0.312. The molecule has 0 bridgehead atoms. The zero-order chi connectivity index (χ0) is 17.5. The smallest absolute Gasteiger partial charge is 0.213 e. The van der Waals surface area contributed by atoms with Crippen LogP contribution in [0.25, 0.3) is 6.08 Å². The molecule has 8 heteroatoms. The van der Waals surface area contributed by atoms with Crippen molar-refractivity contribution in [3.63, 3.8) is 0 Å². The standard InChI is InChI=1S/C16H19N3O4S/c1-4-5-14-17-16(19-18-14)24-13(15(20)21)8-10-6-7-11(22-2)9-12(10)23-3/h6-9H,4-5H2,1-3H3,(H,20,21)(H,17,18,19)/p-1/b13-8-. The predicted octanol–water partition coefficient (Wildman–Crippen LogP) is 1.66. The van der Waals surface area contributed by atoms with Crippen molar-refractivity contribution in [3.05, 3.63) is 34.5 Å². The molecule has 0 aliphatic rings. The first-order chi connectivity index (χ1) is 11.6. The Labute approximate surface area is 144 Å². The highest BCUT2D eigenvalue weighted by Gasteiger charge is 2.10. The molecule has 0 atom stereocenters. The van der Waals surface area contributed by atoms with Crippen molar-refractivity contribution >= 4 is 23.8 Å². The van der Waals surface area contributed by atoms with Crippen molar-refractivity contribution in [2.45, 2.75) is 24.9 Å². The van der Waals surface area contributed by atoms with Gasteiger partial charge in [0, 0.05) is 23.0 Å². The summed E-state index contributed by atoms with van der Waals surface area (Å²) in [7, 11) is 3.05. The van der Waals surface area contributed by atoms with E-state index in [1.165, 1.54) is 13.2 Å². The number of nitrogens with one attached hydrogen (secondary N) is 1. The van der Waals surface area contributed by atoms with Crippen LogP contribution in [-0.4, -0.2) is 35.4 Å². The summed E-state index contributed by atoms with van der Waals surface area (Å²) in [6.45, 7) is 2.03. The van der Waals surface area contributed by atoms with Crippen LogP contribution in [0.2, 0.25) is 0 Å². The lowest BCUT2D eigenvalue weighted by atomic mass is 10.1. The molecule has 0 saturated carbocycles. The molecule has 0 aliphatic carbocycles. The monoisotopic (exact) mass is 348 g/mol. The van der Waals surface area contributed by atoms with Crippen LogP contribution in [-0.2, 0) is 11.2 Å². The van der Waals surface area contributed by atoms with Gasteiger partial charge >= 0.3 is 0 Å². The number of hydrogen-bond acceptors (Lipinski definition) is 7. The Morgan fingerprint density at radius 1 is 1.38 bits per heavy atom. The van der Waals surface area contributed by atoms with E-state index in [0.29, 0.717) is 22.2 Å². The molecule has 2 aromatic rings. The van der Waals surface area contributed by atoms with Gasteiger partial charge in [-0.15, -0.1) is 5.10 Å². The third-order valence-corrected chi connectivity index (χ3v) is 4.00. The highest BCUT2D eigenvalue weighted by molar-refractivity contribution is 8.04. The van der Waals surface area contributed by atoms with Gasteiger partial charge in [0.2, 0.25) is 5.16 Å². The van der Waals surface area contributed by atoms with Gasteiger partial charge in [-0.25, -0.2) is 4.98 Å². The second-order valence-corrected chi connectivity index (χ2v) is 5.83. The van der Waals surface area contributed by atoms with Gasteiger partial charge in [0.05, 0.1) is 20.2 Å². The van der Waals surface area contributed by atoms with Gasteiger partial charge in [-0.1, -0.05) is 6.92 Å². The van der Waals surface area contributed by atoms with Crippen LogP contribution in [0.3, 0.4) is 0 Å². The van der Waals surface area contributed by atoms with E-state index >= 15 is 0 Å². The first-order valence-corrected chi connectivity index (χ1v) is 8.13. The number of aromatic amines is 1. The molecule has 1 heterocycles. The number of hydrogen-bond donors (Lipinski definition) is 1. The Morgan fingerprint density at radius 3 is 2.79 bits per heavy atom. The Balaban J connectivity index is 2.29. The molecule has 0 amide bonds. The van der Waals surface area contributed by atoms with Gasteiger partial charge < -0.3 is 19.4 Å². The van der Waals surface area contributed by atoms with Gasteiger partial charge in [-0.2, -0.15) is 0 Å². The molecule has 0 saturated heterocycles. The maximum Gasteiger partial charge on any atom is 0.213 e. The molecular weight excluding hydrogens is 330 g/mol. The number of thioether (sulfide) groups is 1. The third-order valence-electron chi connectivity index (χ3n) is 3.13. The van der Waals surface area contributed by atoms with Crippen LogP contribution in [0.5, 0.6) is 11.5 Å². The number of carbonyl (C=O) groups is 1. The summed E-state index contributed by atoms with van der Waals surface area (Å²) in [6, 6.07) is 5.11. The number of carbonyl (C=O) groups excluding carboxylic acids is 1. The summed E-state index contributed by atoms with van der Waals surface area (Å²) in [5.41, 5.74) is 0.592. The zero-order valence-electron chi connectivity index (χ0n) is 13.7. The van der Waals surface area contributed by atoms with E-state index in [1.807, 2.05) is 6.92 Å². The lowest BCUT2D eigenvalue weighted by Gasteiger charge is -2.10. The van der Waals surface area contributed by atoms with Crippen molar-refractivity contribution in [2.75, 3.05) is 14.2 Å². The average Bonchev–Trinajstić information content (AvgIpc) is 3.02. The molecule has 1 N–H and O–H groups in total. The van der Waals surface area contributed by atoms with Crippen molar-refractivity contribution < 1.29 is 19.4 Å². The molecule has 128 valence electrons. The number of rotatable bonds is 8. The van der Waals surface area contributed by atoms with Gasteiger partial charge in [-0.3, -0.25) is 5.10 Å². The fourth-order valence-corrected chi connectivity index (χ4v) is 2.69. The number of aromatic nitrogens is 3. The maximum absolute atomic E-state index is 11.4. The minimum atomic E-state index is -1.31. The molecule has 24 heavy (non-hydrogen) atoms. The average molecular weight is 348 g/mol. The number of carboxylic acids is 1. The molecule has 1 aromatic carbocycles. The van der Waals surface area contributed by atoms with E-state index in [0.717, 1.165) is 30.4 Å². The molecule has 0 fully saturated rings. The first kappa shape index (κ1) is 17.9. The summed E-state index contributed by atoms with van der Waals surface area (Å²) in [5.74, 6) is 0.527. The maximum atomic E-state index is 11.4. The minimum Gasteiger partial charge on any atom is -0.544 e. The Morgan fingerprint density at radius 2 is 2.17 bits per heavy atom. The molecule has 0 unspecified atom stereocenters. The highest BCUT2D eigenvalue weighted by atomic mass is 32.2. The van der Waals surface area contributed by atoms with Gasteiger partial charge in [0.25, 0.3) is 0 Å². The summed E-state index contributed by atoms with van der Waals surface area (Å²) < 4.78 is 10.4. The van der Waals surface area contributed by atoms with E-state index in [9.17, 15) is 9.90 Å². The van der Waals surface area contributed by atoms with Crippen molar-refractivity contribution in [3.8, 4) is 11.5 Å². The van der Waals surface area contributed by atoms with E-state index in [4.69, 9.17) is 9.47 Å². The summed E-state index contributed by atoms with van der Waals surface area (Å²) in [5, 5.41) is 18.6. The number of nitrogens with zero attached hydrogens (tertiary/aromatic N) is 2. The molecule has 2 rings (SSSR count). The van der Waals surface area contributed by atoms with Crippen molar-refractivity contribution in [1.29, 1.82) is 0 Å². The molecule has 0 radical (unpaired) electrons. The number of aryl methyl sites for hydroxylation is 1. The van der Waals surface area contributed by atoms with Crippen molar-refractivity contribution in [2.24, 2.45) is 0 Å². The van der Waals surface area contributed by atoms with E-state index in [-0.39, 0.29) is 4.91 Å². The Bertz CT molecular complexity index is 743. The van der Waals surface area contributed by atoms with Crippen LogP contribution < -0.4 is 14.6 Å². The number of carboxylic acid groups (broad SMARTS) is 1. The predicted molar refractivity (Wildman–Crippen MR) is 88.8 cm³/mol. The van der Waals surface area contributed by atoms with Gasteiger partial charge in [-0.05, 0) is 36.4 Å². The molecule has 1 aromatic heterocycles. The van der Waals surface area contributed by atoms with E-state index in [2.05, 4.69) is 15.2 Å². The SMILES string of the molecule is CCCc1nc(S/C(=C\c2ccc(OC)cc2OC)C(=O)[O-])n[nH]1. The molecule has 7 nitrogen and oxygen atoms in total. The topological polar surface area (TPSA) is 100 Å². The lowest BCUT2D eigenvalue weighted by molar-refractivity contribution is -0.297. The largest absolute Gasteiger partial charge is 0.544 e. The fourth-order valence-electron chi connectivity index (χ4n) is 1.98. The molecule has 0 spiro atoms. The van der Waals surface area contributed by atoms with E-state index < -0.39 is 5.97 Å². The second-order valence-electron chi connectivity index (χ2n) is 4.82. The Hall–Kier alpha value is -2.48. The second kappa shape index (κ2) is 8.39. The number of aliphatic carboxylic acids is 1. The number of H-pyrrole nitrogens is 1. The zero-order valence-corrected chi connectivity index (χ0v) is 14.5. The third kappa shape index (κ3) is 4.51. The number of methoxy groups -OCH3 is 2. The molecular formula is C16H18N3O4S-. The normalized spacial score (nSPS) is 11.4. The summed E-state index contributed by atoms with van der Waals surface area (Å²) >= 11 is 0.926. The lowest BCUT2D eigenvalue weighted by Crippen LogP contribution is -2.23. The highest BCUT2D eigenvalue weighted by Crippen LogP contribution is 2.30. The minimum absolute atomic E-state index is 0.0134. The Kier molecular flexibility index (Phi) is 6.25. The van der Waals surface area contributed by atoms with Crippen molar-refractivity contribution in [1.82, 2.24) is 15.2 Å². The summed E-state index contributed by atoms with van der Waals surface area (Å²) in [4.78, 5) is 15.7. The number of benzene rings is 1. The van der Waals surface area contributed by atoms with Crippen LogP contribution in [0.1, 0.15) is 24.7 Å². The summed E-state index contributed by atoms with van der Waals surface area (Å²) in [6.07, 6.45) is 3.14.